The third kappa shape index (κ3) is 2.72. The summed E-state index contributed by atoms with van der Waals surface area (Å²) in [4.78, 5) is 11.7. The number of hydrogen-bond donors (Lipinski definition) is 1. The Morgan fingerprint density at radius 1 is 1.08 bits per heavy atom. The minimum atomic E-state index is 0.740. The minimum Gasteiger partial charge on any atom is -0.399 e. The largest absolute Gasteiger partial charge is 0.399 e. The summed E-state index contributed by atoms with van der Waals surface area (Å²) in [5, 5.41) is 3.05. The molecule has 0 atom stereocenters. The number of rotatable bonds is 3. The Labute approximate surface area is 156 Å². The second-order valence-corrected chi connectivity index (χ2v) is 7.55. The van der Waals surface area contributed by atoms with Gasteiger partial charge in [0.15, 0.2) is 0 Å². The number of nitrogens with zero attached hydrogens (tertiary/aromatic N) is 4. The van der Waals surface area contributed by atoms with Crippen molar-refractivity contribution < 1.29 is 0 Å². The number of benzene rings is 1. The first kappa shape index (κ1) is 16.6. The second-order valence-electron chi connectivity index (χ2n) is 6.69. The Balaban J connectivity index is 1.86. The highest BCUT2D eigenvalue weighted by Crippen LogP contribution is 2.36. The van der Waals surface area contributed by atoms with Crippen molar-refractivity contribution in [2.45, 2.75) is 13.8 Å². The molecule has 0 aliphatic carbocycles. The van der Waals surface area contributed by atoms with E-state index in [1.54, 1.807) is 11.3 Å². The average Bonchev–Trinajstić information content (AvgIpc) is 3.17. The number of aromatic nitrogens is 3. The van der Waals surface area contributed by atoms with Crippen molar-refractivity contribution in [1.29, 1.82) is 0 Å². The molecular formula is C20H21N5S. The zero-order valence-electron chi connectivity index (χ0n) is 15.3. The lowest BCUT2D eigenvalue weighted by Gasteiger charge is -2.16. The first-order valence-electron chi connectivity index (χ1n) is 8.42. The van der Waals surface area contributed by atoms with Crippen molar-refractivity contribution in [2.24, 2.45) is 0 Å². The summed E-state index contributed by atoms with van der Waals surface area (Å²) in [5.74, 6) is 0. The molecule has 4 aromatic rings. The summed E-state index contributed by atoms with van der Waals surface area (Å²) in [7, 11) is 4.06. The first-order valence-corrected chi connectivity index (χ1v) is 9.30. The Hall–Kier alpha value is -2.86. The van der Waals surface area contributed by atoms with Crippen LogP contribution in [0.1, 0.15) is 11.3 Å². The van der Waals surface area contributed by atoms with Crippen LogP contribution in [0.25, 0.3) is 27.6 Å². The van der Waals surface area contributed by atoms with Gasteiger partial charge in [-0.15, -0.1) is 11.3 Å². The van der Waals surface area contributed by atoms with Gasteiger partial charge in [-0.1, -0.05) is 0 Å². The molecule has 0 unspecified atom stereocenters. The molecule has 0 spiro atoms. The molecule has 0 bridgehead atoms. The third-order valence-corrected chi connectivity index (χ3v) is 5.31. The van der Waals surface area contributed by atoms with Crippen molar-refractivity contribution >= 4 is 28.4 Å². The Morgan fingerprint density at radius 3 is 2.65 bits per heavy atom. The van der Waals surface area contributed by atoms with Gasteiger partial charge in [-0.05, 0) is 49.7 Å². The van der Waals surface area contributed by atoms with Crippen molar-refractivity contribution in [3.63, 3.8) is 0 Å². The lowest BCUT2D eigenvalue weighted by Crippen LogP contribution is -2.10. The highest BCUT2D eigenvalue weighted by Gasteiger charge is 2.17. The van der Waals surface area contributed by atoms with E-state index in [0.717, 1.165) is 44.7 Å². The van der Waals surface area contributed by atoms with Gasteiger partial charge in [0.25, 0.3) is 0 Å². The molecule has 4 rings (SSSR count). The zero-order valence-corrected chi connectivity index (χ0v) is 16.1. The highest BCUT2D eigenvalue weighted by molar-refractivity contribution is 7.13. The van der Waals surface area contributed by atoms with Crippen LogP contribution in [0.3, 0.4) is 0 Å². The third-order valence-electron chi connectivity index (χ3n) is 4.44. The average molecular weight is 363 g/mol. The molecule has 0 saturated heterocycles. The fourth-order valence-electron chi connectivity index (χ4n) is 3.19. The molecule has 6 heteroatoms. The molecule has 26 heavy (non-hydrogen) atoms. The number of aryl methyl sites for hydroxylation is 2. The SMILES string of the molecule is Cc1ccn2c(-c3csc(-c4cc(N)ccc4N(C)C)n3)c(C)nc2c1. The molecule has 2 N–H and O–H groups in total. The van der Waals surface area contributed by atoms with Crippen LogP contribution in [-0.4, -0.2) is 28.5 Å². The van der Waals surface area contributed by atoms with Gasteiger partial charge in [-0.25, -0.2) is 9.97 Å². The number of nitrogen functional groups attached to an aromatic ring is 1. The topological polar surface area (TPSA) is 59.5 Å². The Bertz CT molecular complexity index is 1110. The van der Waals surface area contributed by atoms with Gasteiger partial charge in [0.05, 0.1) is 11.4 Å². The molecule has 0 fully saturated rings. The fraction of sp³-hybridized carbons (Fsp3) is 0.200. The van der Waals surface area contributed by atoms with E-state index in [0.29, 0.717) is 0 Å². The molecule has 1 aromatic carbocycles. The standard InChI is InChI=1S/C20H21N5S/c1-12-7-8-25-18(9-12)22-13(2)19(25)16-11-26-20(23-16)15-10-14(21)5-6-17(15)24(3)4/h5-11H,21H2,1-4H3. The van der Waals surface area contributed by atoms with E-state index in [2.05, 4.69) is 39.9 Å². The maximum absolute atomic E-state index is 6.02. The Morgan fingerprint density at radius 2 is 1.88 bits per heavy atom. The van der Waals surface area contributed by atoms with Crippen molar-refractivity contribution in [1.82, 2.24) is 14.4 Å². The molecule has 0 saturated carbocycles. The van der Waals surface area contributed by atoms with E-state index >= 15 is 0 Å². The van der Waals surface area contributed by atoms with Crippen LogP contribution < -0.4 is 10.6 Å². The number of thiazole rings is 1. The van der Waals surface area contributed by atoms with E-state index in [1.165, 1.54) is 5.56 Å². The maximum Gasteiger partial charge on any atom is 0.137 e. The minimum absolute atomic E-state index is 0.740. The van der Waals surface area contributed by atoms with Gasteiger partial charge in [0.2, 0.25) is 0 Å². The number of pyridine rings is 1. The Kier molecular flexibility index (Phi) is 3.92. The van der Waals surface area contributed by atoms with E-state index in [4.69, 9.17) is 15.7 Å². The van der Waals surface area contributed by atoms with Gasteiger partial charge in [-0.3, -0.25) is 4.40 Å². The van der Waals surface area contributed by atoms with Crippen LogP contribution in [-0.2, 0) is 0 Å². The molecule has 0 radical (unpaired) electrons. The van der Waals surface area contributed by atoms with Crippen LogP contribution in [0.5, 0.6) is 0 Å². The smallest absolute Gasteiger partial charge is 0.137 e. The predicted octanol–water partition coefficient (Wildman–Crippen LogP) is 4.39. The van der Waals surface area contributed by atoms with Gasteiger partial charge < -0.3 is 10.6 Å². The number of anilines is 2. The molecule has 0 aliphatic heterocycles. The van der Waals surface area contributed by atoms with Crippen LogP contribution >= 0.6 is 11.3 Å². The summed E-state index contributed by atoms with van der Waals surface area (Å²) in [6.07, 6.45) is 2.06. The van der Waals surface area contributed by atoms with E-state index < -0.39 is 0 Å². The number of hydrogen-bond acceptors (Lipinski definition) is 5. The van der Waals surface area contributed by atoms with Crippen LogP contribution in [0.4, 0.5) is 11.4 Å². The summed E-state index contributed by atoms with van der Waals surface area (Å²) in [6.45, 7) is 4.11. The molecule has 0 aliphatic rings. The summed E-state index contributed by atoms with van der Waals surface area (Å²) < 4.78 is 2.10. The molecule has 132 valence electrons. The number of fused-ring (bicyclic) bond motifs is 1. The van der Waals surface area contributed by atoms with Crippen molar-refractivity contribution in [3.05, 3.63) is 53.2 Å². The zero-order chi connectivity index (χ0) is 18.4. The summed E-state index contributed by atoms with van der Waals surface area (Å²) in [5.41, 5.74) is 14.0. The van der Waals surface area contributed by atoms with Crippen molar-refractivity contribution in [2.75, 3.05) is 24.7 Å². The number of nitrogens with two attached hydrogens (primary N) is 1. The maximum atomic E-state index is 6.02. The van der Waals surface area contributed by atoms with Crippen molar-refractivity contribution in [3.8, 4) is 22.0 Å². The van der Waals surface area contributed by atoms with E-state index in [-0.39, 0.29) is 0 Å². The lowest BCUT2D eigenvalue weighted by atomic mass is 10.1. The summed E-state index contributed by atoms with van der Waals surface area (Å²) in [6, 6.07) is 10.1. The van der Waals surface area contributed by atoms with Gasteiger partial charge in [0.1, 0.15) is 16.3 Å². The lowest BCUT2D eigenvalue weighted by molar-refractivity contribution is 1.13. The summed E-state index contributed by atoms with van der Waals surface area (Å²) >= 11 is 1.63. The van der Waals surface area contributed by atoms with E-state index in [1.807, 2.05) is 39.2 Å². The fourth-order valence-corrected chi connectivity index (χ4v) is 4.02. The molecule has 0 amide bonds. The van der Waals surface area contributed by atoms with Gasteiger partial charge >= 0.3 is 0 Å². The van der Waals surface area contributed by atoms with E-state index in [9.17, 15) is 0 Å². The van der Waals surface area contributed by atoms with Crippen LogP contribution in [0.15, 0.2) is 41.9 Å². The predicted molar refractivity (Wildman–Crippen MR) is 110 cm³/mol. The quantitative estimate of drug-likeness (QED) is 0.549. The molecule has 3 aromatic heterocycles. The number of imidazole rings is 1. The normalized spacial score (nSPS) is 11.2. The van der Waals surface area contributed by atoms with Gasteiger partial charge in [-0.2, -0.15) is 0 Å². The second kappa shape index (κ2) is 6.14. The molecular weight excluding hydrogens is 342 g/mol. The van der Waals surface area contributed by atoms with Gasteiger partial charge in [0, 0.05) is 42.6 Å². The highest BCUT2D eigenvalue weighted by atomic mass is 32.1. The first-order chi connectivity index (χ1) is 12.4. The monoisotopic (exact) mass is 363 g/mol. The van der Waals surface area contributed by atoms with Crippen LogP contribution in [0.2, 0.25) is 0 Å². The van der Waals surface area contributed by atoms with Crippen LogP contribution in [0, 0.1) is 13.8 Å². The molecule has 5 nitrogen and oxygen atoms in total. The molecule has 3 heterocycles.